The van der Waals surface area contributed by atoms with Crippen molar-refractivity contribution in [3.05, 3.63) is 15.9 Å². The molecule has 0 saturated heterocycles. The molecule has 0 bridgehead atoms. The van der Waals surface area contributed by atoms with Gasteiger partial charge in [-0.2, -0.15) is 5.10 Å². The summed E-state index contributed by atoms with van der Waals surface area (Å²) in [6, 6.07) is 0.498. The molecule has 3 nitrogen and oxygen atoms in total. The second kappa shape index (κ2) is 6.40. The second-order valence-electron chi connectivity index (χ2n) is 4.22. The van der Waals surface area contributed by atoms with E-state index in [1.807, 2.05) is 6.92 Å². The molecule has 0 aliphatic heterocycles. The van der Waals surface area contributed by atoms with Crippen LogP contribution in [0, 0.1) is 6.92 Å². The monoisotopic (exact) mass is 287 g/mol. The standard InChI is InChI=1S/C12H22BrN3/c1-5-7-14-9(3)8-11-12(13)10(4)15-16(11)6-2/h9,14H,5-8H2,1-4H3. The van der Waals surface area contributed by atoms with Crippen LogP contribution in [0.15, 0.2) is 4.47 Å². The maximum absolute atomic E-state index is 4.50. The van der Waals surface area contributed by atoms with E-state index >= 15 is 0 Å². The summed E-state index contributed by atoms with van der Waals surface area (Å²) in [6.07, 6.45) is 2.20. The SMILES string of the molecule is CCCNC(C)Cc1c(Br)c(C)nn1CC. The second-order valence-corrected chi connectivity index (χ2v) is 5.01. The van der Waals surface area contributed by atoms with Gasteiger partial charge in [0.25, 0.3) is 0 Å². The normalized spacial score (nSPS) is 13.1. The molecule has 0 aliphatic rings. The van der Waals surface area contributed by atoms with Crippen molar-refractivity contribution in [2.24, 2.45) is 0 Å². The number of aromatic nitrogens is 2. The Morgan fingerprint density at radius 1 is 1.44 bits per heavy atom. The average Bonchev–Trinajstić information content (AvgIpc) is 2.54. The molecule has 0 fully saturated rings. The van der Waals surface area contributed by atoms with Crippen LogP contribution in [0.4, 0.5) is 0 Å². The van der Waals surface area contributed by atoms with E-state index in [0.29, 0.717) is 6.04 Å². The number of nitrogens with one attached hydrogen (secondary N) is 1. The van der Waals surface area contributed by atoms with Gasteiger partial charge in [0, 0.05) is 19.0 Å². The summed E-state index contributed by atoms with van der Waals surface area (Å²) in [5.41, 5.74) is 2.38. The zero-order valence-corrected chi connectivity index (χ0v) is 12.3. The van der Waals surface area contributed by atoms with Crippen LogP contribution >= 0.6 is 15.9 Å². The summed E-state index contributed by atoms with van der Waals surface area (Å²) in [4.78, 5) is 0. The van der Waals surface area contributed by atoms with Gasteiger partial charge in [-0.1, -0.05) is 6.92 Å². The minimum absolute atomic E-state index is 0.498. The van der Waals surface area contributed by atoms with Crippen LogP contribution in [-0.4, -0.2) is 22.4 Å². The molecule has 1 heterocycles. The first-order chi connectivity index (χ1) is 7.60. The predicted octanol–water partition coefficient (Wildman–Crippen LogP) is 2.90. The van der Waals surface area contributed by atoms with Crippen molar-refractivity contribution >= 4 is 15.9 Å². The predicted molar refractivity (Wildman–Crippen MR) is 71.8 cm³/mol. The van der Waals surface area contributed by atoms with Crippen molar-refractivity contribution in [3.63, 3.8) is 0 Å². The molecule has 0 radical (unpaired) electrons. The molecule has 1 aromatic rings. The van der Waals surface area contributed by atoms with Gasteiger partial charge in [-0.3, -0.25) is 4.68 Å². The Balaban J connectivity index is 2.71. The van der Waals surface area contributed by atoms with E-state index in [2.05, 4.69) is 51.8 Å². The molecular formula is C12H22BrN3. The van der Waals surface area contributed by atoms with Crippen LogP contribution in [0.25, 0.3) is 0 Å². The molecule has 16 heavy (non-hydrogen) atoms. The first kappa shape index (κ1) is 13.7. The molecular weight excluding hydrogens is 266 g/mol. The maximum Gasteiger partial charge on any atom is 0.0738 e. The Bertz CT molecular complexity index is 333. The van der Waals surface area contributed by atoms with Gasteiger partial charge in [0.15, 0.2) is 0 Å². The van der Waals surface area contributed by atoms with Gasteiger partial charge in [0.2, 0.25) is 0 Å². The van der Waals surface area contributed by atoms with Crippen LogP contribution in [0.2, 0.25) is 0 Å². The van der Waals surface area contributed by atoms with Crippen molar-refractivity contribution in [2.75, 3.05) is 6.54 Å². The fourth-order valence-electron chi connectivity index (χ4n) is 1.82. The van der Waals surface area contributed by atoms with Gasteiger partial charge >= 0.3 is 0 Å². The summed E-state index contributed by atoms with van der Waals surface area (Å²) < 4.78 is 3.25. The lowest BCUT2D eigenvalue weighted by molar-refractivity contribution is 0.514. The molecule has 1 atom stereocenters. The molecule has 92 valence electrons. The summed E-state index contributed by atoms with van der Waals surface area (Å²) in [5.74, 6) is 0. The summed E-state index contributed by atoms with van der Waals surface area (Å²) in [6.45, 7) is 10.6. The summed E-state index contributed by atoms with van der Waals surface area (Å²) in [5, 5.41) is 8.01. The Kier molecular flexibility index (Phi) is 5.49. The number of hydrogen-bond donors (Lipinski definition) is 1. The fourth-order valence-corrected chi connectivity index (χ4v) is 2.26. The van der Waals surface area contributed by atoms with Gasteiger partial charge < -0.3 is 5.32 Å². The lowest BCUT2D eigenvalue weighted by atomic mass is 10.1. The van der Waals surface area contributed by atoms with Crippen LogP contribution in [0.3, 0.4) is 0 Å². The van der Waals surface area contributed by atoms with E-state index in [-0.39, 0.29) is 0 Å². The highest BCUT2D eigenvalue weighted by atomic mass is 79.9. The highest BCUT2D eigenvalue weighted by Crippen LogP contribution is 2.22. The molecule has 0 spiro atoms. The first-order valence-electron chi connectivity index (χ1n) is 6.05. The summed E-state index contributed by atoms with van der Waals surface area (Å²) >= 11 is 3.63. The maximum atomic E-state index is 4.50. The molecule has 0 saturated carbocycles. The Hall–Kier alpha value is -0.350. The lowest BCUT2D eigenvalue weighted by Crippen LogP contribution is -2.29. The van der Waals surface area contributed by atoms with Crippen molar-refractivity contribution in [1.82, 2.24) is 15.1 Å². The van der Waals surface area contributed by atoms with Crippen LogP contribution in [-0.2, 0) is 13.0 Å². The Labute approximate surface area is 107 Å². The smallest absolute Gasteiger partial charge is 0.0738 e. The Morgan fingerprint density at radius 3 is 2.69 bits per heavy atom. The largest absolute Gasteiger partial charge is 0.314 e. The molecule has 1 aromatic heterocycles. The van der Waals surface area contributed by atoms with Crippen LogP contribution < -0.4 is 5.32 Å². The third-order valence-electron chi connectivity index (χ3n) is 2.70. The molecule has 1 N–H and O–H groups in total. The van der Waals surface area contributed by atoms with Gasteiger partial charge in [-0.15, -0.1) is 0 Å². The third-order valence-corrected chi connectivity index (χ3v) is 3.73. The van der Waals surface area contributed by atoms with Crippen molar-refractivity contribution in [2.45, 2.75) is 53.1 Å². The van der Waals surface area contributed by atoms with Gasteiger partial charge in [-0.05, 0) is 49.7 Å². The van der Waals surface area contributed by atoms with E-state index in [9.17, 15) is 0 Å². The third kappa shape index (κ3) is 3.32. The van der Waals surface area contributed by atoms with Crippen LogP contribution in [0.1, 0.15) is 38.6 Å². The molecule has 0 aliphatic carbocycles. The molecule has 4 heteroatoms. The number of hydrogen-bond acceptors (Lipinski definition) is 2. The number of nitrogens with zero attached hydrogens (tertiary/aromatic N) is 2. The van der Waals surface area contributed by atoms with E-state index in [4.69, 9.17) is 0 Å². The van der Waals surface area contributed by atoms with Gasteiger partial charge in [0.1, 0.15) is 0 Å². The van der Waals surface area contributed by atoms with Gasteiger partial charge in [-0.25, -0.2) is 0 Å². The summed E-state index contributed by atoms with van der Waals surface area (Å²) in [7, 11) is 0. The first-order valence-corrected chi connectivity index (χ1v) is 6.84. The van der Waals surface area contributed by atoms with E-state index in [1.54, 1.807) is 0 Å². The van der Waals surface area contributed by atoms with E-state index in [1.165, 1.54) is 16.6 Å². The number of rotatable bonds is 6. The Morgan fingerprint density at radius 2 is 2.12 bits per heavy atom. The van der Waals surface area contributed by atoms with E-state index in [0.717, 1.165) is 25.2 Å². The van der Waals surface area contributed by atoms with Gasteiger partial charge in [0.05, 0.1) is 15.9 Å². The van der Waals surface area contributed by atoms with E-state index < -0.39 is 0 Å². The highest BCUT2D eigenvalue weighted by molar-refractivity contribution is 9.10. The molecule has 0 amide bonds. The molecule has 1 unspecified atom stereocenters. The topological polar surface area (TPSA) is 29.9 Å². The zero-order valence-electron chi connectivity index (χ0n) is 10.7. The molecule has 0 aromatic carbocycles. The number of halogens is 1. The quantitative estimate of drug-likeness (QED) is 0.872. The fraction of sp³-hybridized carbons (Fsp3) is 0.750. The minimum Gasteiger partial charge on any atom is -0.314 e. The highest BCUT2D eigenvalue weighted by Gasteiger charge is 2.14. The van der Waals surface area contributed by atoms with Crippen molar-refractivity contribution in [1.29, 1.82) is 0 Å². The average molecular weight is 288 g/mol. The molecule has 1 rings (SSSR count). The minimum atomic E-state index is 0.498. The number of aryl methyl sites for hydroxylation is 2. The lowest BCUT2D eigenvalue weighted by Gasteiger charge is -2.14. The van der Waals surface area contributed by atoms with Crippen LogP contribution in [0.5, 0.6) is 0 Å². The van der Waals surface area contributed by atoms with Crippen molar-refractivity contribution in [3.8, 4) is 0 Å². The zero-order chi connectivity index (χ0) is 12.1. The van der Waals surface area contributed by atoms with Crippen molar-refractivity contribution < 1.29 is 0 Å².